The first-order valence-electron chi connectivity index (χ1n) is 5.26. The van der Waals surface area contributed by atoms with Crippen molar-refractivity contribution in [1.82, 2.24) is 15.3 Å². The topological polar surface area (TPSA) is 67.3 Å². The lowest BCUT2D eigenvalue weighted by Gasteiger charge is -2.35. The molecule has 1 fully saturated rings. The lowest BCUT2D eigenvalue weighted by molar-refractivity contribution is -0.124. The van der Waals surface area contributed by atoms with E-state index in [-0.39, 0.29) is 11.9 Å². The Morgan fingerprint density at radius 3 is 3.18 bits per heavy atom. The summed E-state index contributed by atoms with van der Waals surface area (Å²) in [4.78, 5) is 21.5. The summed E-state index contributed by atoms with van der Waals surface area (Å²) >= 11 is 5.82. The molecule has 1 aliphatic rings. The molecule has 1 atom stereocenters. The molecule has 7 heteroatoms. The Kier molecular flexibility index (Phi) is 3.75. The van der Waals surface area contributed by atoms with Crippen LogP contribution in [0.1, 0.15) is 0 Å². The van der Waals surface area contributed by atoms with Gasteiger partial charge in [-0.3, -0.25) is 4.79 Å². The van der Waals surface area contributed by atoms with Gasteiger partial charge in [0.25, 0.3) is 0 Å². The minimum Gasteiger partial charge on any atom is -0.377 e. The van der Waals surface area contributed by atoms with Crippen molar-refractivity contribution >= 4 is 23.3 Å². The predicted octanol–water partition coefficient (Wildman–Crippen LogP) is 0.0812. The van der Waals surface area contributed by atoms with Gasteiger partial charge in [-0.2, -0.15) is 0 Å². The average Bonchev–Trinajstić information content (AvgIpc) is 2.38. The van der Waals surface area contributed by atoms with Gasteiger partial charge in [-0.25, -0.2) is 9.97 Å². The Morgan fingerprint density at radius 2 is 2.47 bits per heavy atom. The lowest BCUT2D eigenvalue weighted by Crippen LogP contribution is -2.53. The van der Waals surface area contributed by atoms with Gasteiger partial charge < -0.3 is 15.0 Å². The van der Waals surface area contributed by atoms with E-state index in [2.05, 4.69) is 15.3 Å². The smallest absolute Gasteiger partial charge is 0.244 e. The van der Waals surface area contributed by atoms with Crippen molar-refractivity contribution in [2.24, 2.45) is 0 Å². The highest BCUT2D eigenvalue weighted by atomic mass is 35.5. The van der Waals surface area contributed by atoms with Gasteiger partial charge >= 0.3 is 0 Å². The van der Waals surface area contributed by atoms with Crippen LogP contribution in [-0.4, -0.2) is 48.7 Å². The summed E-state index contributed by atoms with van der Waals surface area (Å²) < 4.78 is 5.31. The first-order chi connectivity index (χ1) is 8.22. The Labute approximate surface area is 104 Å². The van der Waals surface area contributed by atoms with E-state index in [9.17, 15) is 4.79 Å². The second kappa shape index (κ2) is 5.29. The van der Waals surface area contributed by atoms with E-state index in [1.807, 2.05) is 4.90 Å². The standard InChI is InChI=1S/C10H13ClN4O2/c1-12-10(16)7-5-17-3-2-15(7)9-4-8(11)13-6-14-9/h4,6-7H,2-3,5H2,1H3,(H,12,16). The third-order valence-electron chi connectivity index (χ3n) is 2.59. The largest absolute Gasteiger partial charge is 0.377 e. The number of nitrogens with zero attached hydrogens (tertiary/aromatic N) is 3. The monoisotopic (exact) mass is 256 g/mol. The number of aromatic nitrogens is 2. The maximum Gasteiger partial charge on any atom is 0.244 e. The number of amides is 1. The van der Waals surface area contributed by atoms with Gasteiger partial charge in [-0.15, -0.1) is 0 Å². The average molecular weight is 257 g/mol. The van der Waals surface area contributed by atoms with Crippen LogP contribution in [0.2, 0.25) is 5.15 Å². The fourth-order valence-electron chi connectivity index (χ4n) is 1.74. The van der Waals surface area contributed by atoms with Crippen LogP contribution in [0.4, 0.5) is 5.82 Å². The lowest BCUT2D eigenvalue weighted by atomic mass is 10.2. The van der Waals surface area contributed by atoms with Gasteiger partial charge in [0, 0.05) is 19.7 Å². The molecule has 6 nitrogen and oxygen atoms in total. The van der Waals surface area contributed by atoms with E-state index in [1.54, 1.807) is 13.1 Å². The molecule has 17 heavy (non-hydrogen) atoms. The molecule has 0 radical (unpaired) electrons. The molecule has 1 saturated heterocycles. The maximum atomic E-state index is 11.7. The molecule has 0 bridgehead atoms. The quantitative estimate of drug-likeness (QED) is 0.759. The summed E-state index contributed by atoms with van der Waals surface area (Å²) in [7, 11) is 1.60. The van der Waals surface area contributed by atoms with Crippen LogP contribution < -0.4 is 10.2 Å². The SMILES string of the molecule is CNC(=O)C1COCCN1c1cc(Cl)ncn1. The van der Waals surface area contributed by atoms with E-state index in [0.29, 0.717) is 30.7 Å². The van der Waals surface area contributed by atoms with Crippen LogP contribution >= 0.6 is 11.6 Å². The molecule has 0 aliphatic carbocycles. The van der Waals surface area contributed by atoms with Crippen molar-refractivity contribution < 1.29 is 9.53 Å². The predicted molar refractivity (Wildman–Crippen MR) is 63.1 cm³/mol. The number of rotatable bonds is 2. The molecule has 2 rings (SSSR count). The summed E-state index contributed by atoms with van der Waals surface area (Å²) in [6.07, 6.45) is 1.38. The molecule has 0 saturated carbocycles. The van der Waals surface area contributed by atoms with E-state index >= 15 is 0 Å². The maximum absolute atomic E-state index is 11.7. The van der Waals surface area contributed by atoms with E-state index < -0.39 is 0 Å². The van der Waals surface area contributed by atoms with E-state index in [1.165, 1.54) is 6.33 Å². The minimum atomic E-state index is -0.375. The Bertz CT molecular complexity index is 415. The summed E-state index contributed by atoms with van der Waals surface area (Å²) in [5, 5.41) is 2.97. The number of halogens is 1. The highest BCUT2D eigenvalue weighted by Gasteiger charge is 2.29. The van der Waals surface area contributed by atoms with Gasteiger partial charge in [0.2, 0.25) is 5.91 Å². The van der Waals surface area contributed by atoms with E-state index in [0.717, 1.165) is 0 Å². The fourth-order valence-corrected chi connectivity index (χ4v) is 1.88. The summed E-state index contributed by atoms with van der Waals surface area (Å²) in [6, 6.07) is 1.27. The van der Waals surface area contributed by atoms with Crippen molar-refractivity contribution in [1.29, 1.82) is 0 Å². The number of hydrogen-bond acceptors (Lipinski definition) is 5. The number of anilines is 1. The van der Waals surface area contributed by atoms with E-state index in [4.69, 9.17) is 16.3 Å². The number of carbonyl (C=O) groups is 1. The molecule has 0 spiro atoms. The highest BCUT2D eigenvalue weighted by Crippen LogP contribution is 2.19. The van der Waals surface area contributed by atoms with Crippen molar-refractivity contribution in [2.45, 2.75) is 6.04 Å². The highest BCUT2D eigenvalue weighted by molar-refractivity contribution is 6.29. The molecule has 0 aromatic carbocycles. The van der Waals surface area contributed by atoms with Crippen LogP contribution in [0.25, 0.3) is 0 Å². The Morgan fingerprint density at radius 1 is 1.65 bits per heavy atom. The van der Waals surface area contributed by atoms with Gasteiger partial charge in [0.1, 0.15) is 23.3 Å². The van der Waals surface area contributed by atoms with Crippen molar-refractivity contribution in [3.05, 3.63) is 17.5 Å². The van der Waals surface area contributed by atoms with Gasteiger partial charge in [-0.05, 0) is 0 Å². The second-order valence-electron chi connectivity index (χ2n) is 3.60. The zero-order valence-electron chi connectivity index (χ0n) is 9.39. The van der Waals surface area contributed by atoms with Gasteiger partial charge in [0.15, 0.2) is 0 Å². The normalized spacial score (nSPS) is 20.1. The number of morpholine rings is 1. The molecule has 1 aliphatic heterocycles. The first kappa shape index (κ1) is 12.1. The summed E-state index contributed by atoms with van der Waals surface area (Å²) in [5.74, 6) is 0.543. The number of ether oxygens (including phenoxy) is 1. The summed E-state index contributed by atoms with van der Waals surface area (Å²) in [6.45, 7) is 1.52. The molecule has 1 unspecified atom stereocenters. The number of carbonyl (C=O) groups excluding carboxylic acids is 1. The van der Waals surface area contributed by atoms with Crippen LogP contribution in [0.3, 0.4) is 0 Å². The molecule has 1 N–H and O–H groups in total. The molecule has 1 aromatic rings. The first-order valence-corrected chi connectivity index (χ1v) is 5.63. The van der Waals surface area contributed by atoms with Crippen LogP contribution in [0, 0.1) is 0 Å². The zero-order valence-corrected chi connectivity index (χ0v) is 10.1. The number of likely N-dealkylation sites (N-methyl/N-ethyl adjacent to an activating group) is 1. The van der Waals surface area contributed by atoms with Crippen molar-refractivity contribution in [3.63, 3.8) is 0 Å². The minimum absolute atomic E-state index is 0.0977. The molecular formula is C10H13ClN4O2. The molecule has 1 aromatic heterocycles. The summed E-state index contributed by atoms with van der Waals surface area (Å²) in [5.41, 5.74) is 0. The van der Waals surface area contributed by atoms with Crippen molar-refractivity contribution in [3.8, 4) is 0 Å². The second-order valence-corrected chi connectivity index (χ2v) is 3.98. The Hall–Kier alpha value is -1.40. The number of hydrogen-bond donors (Lipinski definition) is 1. The molecule has 2 heterocycles. The van der Waals surface area contributed by atoms with Gasteiger partial charge in [-0.1, -0.05) is 11.6 Å². The van der Waals surface area contributed by atoms with Crippen LogP contribution in [-0.2, 0) is 9.53 Å². The van der Waals surface area contributed by atoms with Crippen molar-refractivity contribution in [2.75, 3.05) is 31.7 Å². The zero-order chi connectivity index (χ0) is 12.3. The molecule has 1 amide bonds. The molecular weight excluding hydrogens is 244 g/mol. The molecule has 92 valence electrons. The number of nitrogens with one attached hydrogen (secondary N) is 1. The van der Waals surface area contributed by atoms with Gasteiger partial charge in [0.05, 0.1) is 13.2 Å². The Balaban J connectivity index is 2.24. The van der Waals surface area contributed by atoms with Crippen LogP contribution in [0.15, 0.2) is 12.4 Å². The third-order valence-corrected chi connectivity index (χ3v) is 2.80. The third kappa shape index (κ3) is 2.65. The van der Waals surface area contributed by atoms with Crippen LogP contribution in [0.5, 0.6) is 0 Å². The fraction of sp³-hybridized carbons (Fsp3) is 0.500.